The number of carbonyl (C=O) groups excluding carboxylic acids is 1. The van der Waals surface area contributed by atoms with E-state index in [1.54, 1.807) is 13.1 Å². The third kappa shape index (κ3) is 2.23. The van der Waals surface area contributed by atoms with Gasteiger partial charge in [-0.2, -0.15) is 0 Å². The number of rotatable bonds is 3. The fraction of sp³-hybridized carbons (Fsp3) is 0.400. The molecule has 19 heavy (non-hydrogen) atoms. The van der Waals surface area contributed by atoms with Crippen molar-refractivity contribution in [3.05, 3.63) is 40.9 Å². The number of halogens is 1. The zero-order valence-electron chi connectivity index (χ0n) is 10.8. The Labute approximate surface area is 118 Å². The third-order valence-electron chi connectivity index (χ3n) is 4.15. The minimum Gasteiger partial charge on any atom is -0.382 e. The fourth-order valence-electron chi connectivity index (χ4n) is 3.02. The Morgan fingerprint density at radius 3 is 3.00 bits per heavy atom. The number of nitrogens with one attached hydrogen (secondary N) is 2. The molecule has 3 atom stereocenters. The average molecular weight is 277 g/mol. The summed E-state index contributed by atoms with van der Waals surface area (Å²) < 4.78 is 0. The Kier molecular flexibility index (Phi) is 3.23. The smallest absolute Gasteiger partial charge is 0.252 e. The van der Waals surface area contributed by atoms with Gasteiger partial charge in [0.05, 0.1) is 10.6 Å². The van der Waals surface area contributed by atoms with Crippen LogP contribution in [0.25, 0.3) is 0 Å². The van der Waals surface area contributed by atoms with Crippen molar-refractivity contribution in [3.8, 4) is 0 Å². The molecule has 0 heterocycles. The van der Waals surface area contributed by atoms with Crippen molar-refractivity contribution in [2.24, 2.45) is 11.8 Å². The van der Waals surface area contributed by atoms with Crippen molar-refractivity contribution in [1.82, 2.24) is 5.32 Å². The maximum Gasteiger partial charge on any atom is 0.252 e. The second-order valence-electron chi connectivity index (χ2n) is 5.26. The van der Waals surface area contributed by atoms with Crippen LogP contribution in [0.3, 0.4) is 0 Å². The van der Waals surface area contributed by atoms with Gasteiger partial charge in [-0.25, -0.2) is 0 Å². The second kappa shape index (κ2) is 4.89. The van der Waals surface area contributed by atoms with E-state index in [1.165, 1.54) is 12.8 Å². The lowest BCUT2D eigenvalue weighted by Crippen LogP contribution is -2.43. The maximum atomic E-state index is 11.7. The summed E-state index contributed by atoms with van der Waals surface area (Å²) in [5.41, 5.74) is 1.48. The normalized spacial score (nSPS) is 27.6. The van der Waals surface area contributed by atoms with Gasteiger partial charge in [0.1, 0.15) is 0 Å². The molecule has 3 rings (SSSR count). The molecule has 3 unspecified atom stereocenters. The summed E-state index contributed by atoms with van der Waals surface area (Å²) in [6.45, 7) is 0. The van der Waals surface area contributed by atoms with Crippen molar-refractivity contribution in [2.45, 2.75) is 18.9 Å². The molecule has 4 heteroatoms. The van der Waals surface area contributed by atoms with E-state index >= 15 is 0 Å². The second-order valence-corrected chi connectivity index (χ2v) is 5.67. The molecule has 1 amide bonds. The topological polar surface area (TPSA) is 41.1 Å². The third-order valence-corrected chi connectivity index (χ3v) is 4.48. The summed E-state index contributed by atoms with van der Waals surface area (Å²) in [4.78, 5) is 11.7. The predicted molar refractivity (Wildman–Crippen MR) is 77.6 cm³/mol. The standard InChI is InChI=1S/C15H17ClN2O/c1-17-15(19)12-8-10(5-6-13(12)16)18-14-7-9-3-2-4-11(9)14/h2,4-6,8-9,11,14,18H,3,7H2,1H3,(H,17,19). The molecule has 3 nitrogen and oxygen atoms in total. The van der Waals surface area contributed by atoms with Gasteiger partial charge in [0.25, 0.3) is 5.91 Å². The molecular weight excluding hydrogens is 260 g/mol. The highest BCUT2D eigenvalue weighted by atomic mass is 35.5. The van der Waals surface area contributed by atoms with E-state index in [4.69, 9.17) is 11.6 Å². The molecule has 1 aromatic rings. The van der Waals surface area contributed by atoms with Crippen molar-refractivity contribution in [2.75, 3.05) is 12.4 Å². The highest BCUT2D eigenvalue weighted by Crippen LogP contribution is 2.44. The molecular formula is C15H17ClN2O. The highest BCUT2D eigenvalue weighted by Gasteiger charge is 2.40. The molecule has 0 saturated heterocycles. The van der Waals surface area contributed by atoms with E-state index in [9.17, 15) is 4.79 Å². The number of hydrogen-bond donors (Lipinski definition) is 2. The number of amides is 1. The molecule has 2 aliphatic carbocycles. The number of carbonyl (C=O) groups is 1. The van der Waals surface area contributed by atoms with Crippen LogP contribution >= 0.6 is 11.6 Å². The van der Waals surface area contributed by atoms with E-state index in [1.807, 2.05) is 12.1 Å². The largest absolute Gasteiger partial charge is 0.382 e. The lowest BCUT2D eigenvalue weighted by Gasteiger charge is -2.41. The van der Waals surface area contributed by atoms with Crippen LogP contribution in [0.15, 0.2) is 30.4 Å². The zero-order valence-corrected chi connectivity index (χ0v) is 11.6. The number of fused-ring (bicyclic) bond motifs is 1. The molecule has 0 radical (unpaired) electrons. The van der Waals surface area contributed by atoms with E-state index in [2.05, 4.69) is 22.8 Å². The van der Waals surface area contributed by atoms with Crippen LogP contribution in [0.1, 0.15) is 23.2 Å². The van der Waals surface area contributed by atoms with Crippen LogP contribution in [-0.2, 0) is 0 Å². The summed E-state index contributed by atoms with van der Waals surface area (Å²) in [6, 6.07) is 6.02. The molecule has 0 aliphatic heterocycles. The Bertz CT molecular complexity index is 541. The SMILES string of the molecule is CNC(=O)c1cc(NC2CC3CC=CC32)ccc1Cl. The van der Waals surface area contributed by atoms with Crippen LogP contribution < -0.4 is 10.6 Å². The van der Waals surface area contributed by atoms with Crippen molar-refractivity contribution < 1.29 is 4.79 Å². The van der Waals surface area contributed by atoms with Crippen LogP contribution in [0.5, 0.6) is 0 Å². The van der Waals surface area contributed by atoms with Crippen LogP contribution in [0.2, 0.25) is 5.02 Å². The Hall–Kier alpha value is -1.48. The van der Waals surface area contributed by atoms with E-state index in [0.29, 0.717) is 22.5 Å². The number of hydrogen-bond acceptors (Lipinski definition) is 2. The molecule has 100 valence electrons. The summed E-state index contributed by atoms with van der Waals surface area (Å²) >= 11 is 6.04. The molecule has 0 spiro atoms. The lowest BCUT2D eigenvalue weighted by atomic mass is 9.71. The summed E-state index contributed by atoms with van der Waals surface area (Å²) in [5, 5.41) is 6.60. The first-order valence-corrected chi connectivity index (χ1v) is 7.01. The summed E-state index contributed by atoms with van der Waals surface area (Å²) in [5.74, 6) is 1.32. The lowest BCUT2D eigenvalue weighted by molar-refractivity contribution is 0.0963. The molecule has 2 aliphatic rings. The number of allylic oxidation sites excluding steroid dienone is 1. The van der Waals surface area contributed by atoms with Crippen LogP contribution in [0.4, 0.5) is 5.69 Å². The van der Waals surface area contributed by atoms with Gasteiger partial charge >= 0.3 is 0 Å². The first-order chi connectivity index (χ1) is 9.19. The van der Waals surface area contributed by atoms with E-state index < -0.39 is 0 Å². The van der Waals surface area contributed by atoms with Crippen molar-refractivity contribution in [3.63, 3.8) is 0 Å². The van der Waals surface area contributed by atoms with Crippen molar-refractivity contribution in [1.29, 1.82) is 0 Å². The quantitative estimate of drug-likeness (QED) is 0.833. The molecule has 0 aromatic heterocycles. The maximum absolute atomic E-state index is 11.7. The minimum atomic E-state index is -0.152. The van der Waals surface area contributed by atoms with Gasteiger partial charge in [-0.1, -0.05) is 23.8 Å². The first-order valence-electron chi connectivity index (χ1n) is 6.64. The average Bonchev–Trinajstić information content (AvgIpc) is 2.78. The van der Waals surface area contributed by atoms with Crippen LogP contribution in [0, 0.1) is 11.8 Å². The Morgan fingerprint density at radius 1 is 1.42 bits per heavy atom. The van der Waals surface area contributed by atoms with Gasteiger partial charge < -0.3 is 10.6 Å². The molecule has 1 fully saturated rings. The molecule has 1 saturated carbocycles. The van der Waals surface area contributed by atoms with Gasteiger partial charge in [0, 0.05) is 24.7 Å². The van der Waals surface area contributed by atoms with Gasteiger partial charge in [-0.15, -0.1) is 0 Å². The summed E-state index contributed by atoms with van der Waals surface area (Å²) in [6.07, 6.45) is 7.00. The van der Waals surface area contributed by atoms with Gasteiger partial charge in [0.15, 0.2) is 0 Å². The highest BCUT2D eigenvalue weighted by molar-refractivity contribution is 6.34. The monoisotopic (exact) mass is 276 g/mol. The van der Waals surface area contributed by atoms with Crippen LogP contribution in [-0.4, -0.2) is 19.0 Å². The molecule has 0 bridgehead atoms. The van der Waals surface area contributed by atoms with E-state index in [0.717, 1.165) is 11.6 Å². The van der Waals surface area contributed by atoms with Gasteiger partial charge in [0.2, 0.25) is 0 Å². The number of benzene rings is 1. The zero-order chi connectivity index (χ0) is 13.4. The van der Waals surface area contributed by atoms with Crippen molar-refractivity contribution >= 4 is 23.2 Å². The number of anilines is 1. The van der Waals surface area contributed by atoms with Gasteiger partial charge in [-0.3, -0.25) is 4.79 Å². The summed E-state index contributed by atoms with van der Waals surface area (Å²) in [7, 11) is 1.61. The Morgan fingerprint density at radius 2 is 2.26 bits per heavy atom. The van der Waals surface area contributed by atoms with E-state index in [-0.39, 0.29) is 5.91 Å². The molecule has 1 aromatic carbocycles. The minimum absolute atomic E-state index is 0.152. The Balaban J connectivity index is 1.75. The predicted octanol–water partition coefficient (Wildman–Crippen LogP) is 3.08. The molecule has 2 N–H and O–H groups in total. The fourth-order valence-corrected chi connectivity index (χ4v) is 3.22. The first kappa shape index (κ1) is 12.5. The van der Waals surface area contributed by atoms with Gasteiger partial charge in [-0.05, 0) is 37.0 Å².